The Balaban J connectivity index is 2.91. The van der Waals surface area contributed by atoms with Gasteiger partial charge in [-0.05, 0) is 64.0 Å². The lowest BCUT2D eigenvalue weighted by atomic mass is 9.99. The van der Waals surface area contributed by atoms with Crippen molar-refractivity contribution in [1.82, 2.24) is 0 Å². The number of hydrogen-bond acceptors (Lipinski definition) is 0. The highest BCUT2D eigenvalue weighted by Gasteiger charge is 2.53. The van der Waals surface area contributed by atoms with Crippen molar-refractivity contribution in [3.8, 4) is 0 Å². The van der Waals surface area contributed by atoms with Crippen LogP contribution in [0.4, 0.5) is 0 Å². The molecule has 0 aromatic heterocycles. The molecular weight excluding hydrogens is 292 g/mol. The van der Waals surface area contributed by atoms with Crippen LogP contribution in [-0.4, -0.2) is 8.07 Å². The summed E-state index contributed by atoms with van der Waals surface area (Å²) < 4.78 is 0. The van der Waals surface area contributed by atoms with E-state index in [1.54, 1.807) is 32.7 Å². The quantitative estimate of drug-likeness (QED) is 0.470. The van der Waals surface area contributed by atoms with Crippen LogP contribution in [0.1, 0.15) is 88.0 Å². The fourth-order valence-corrected chi connectivity index (χ4v) is 12.7. The standard InChI is InChI=1S/C22H36Si/c1-10-13-21-20(12-3)19(11-2)18(9)23(21)17(8)15(6)16(7)22(23)14(4)5/h14H,10-13H2,1-9H3. The third-order valence-corrected chi connectivity index (χ3v) is 12.6. The summed E-state index contributed by atoms with van der Waals surface area (Å²) in [5.41, 5.74) is 6.66. The van der Waals surface area contributed by atoms with Gasteiger partial charge in [0.05, 0.1) is 0 Å². The first kappa shape index (κ1) is 18.5. The molecule has 23 heavy (non-hydrogen) atoms. The number of allylic oxidation sites excluding steroid dienone is 8. The van der Waals surface area contributed by atoms with E-state index in [1.807, 2.05) is 10.4 Å². The molecule has 1 unspecified atom stereocenters. The molecule has 128 valence electrons. The first-order valence-corrected chi connectivity index (χ1v) is 11.6. The van der Waals surface area contributed by atoms with Crippen molar-refractivity contribution in [2.24, 2.45) is 5.92 Å². The van der Waals surface area contributed by atoms with Crippen LogP contribution >= 0.6 is 0 Å². The molecule has 0 aromatic rings. The average Bonchev–Trinajstić information content (AvgIpc) is 2.86. The molecule has 1 atom stereocenters. The first-order chi connectivity index (χ1) is 10.8. The van der Waals surface area contributed by atoms with E-state index in [9.17, 15) is 0 Å². The number of rotatable bonds is 5. The Kier molecular flexibility index (Phi) is 5.30. The SMILES string of the molecule is CCCC1=C(CC)C(CC)=C(C)[Si]12C(C)=C(C)C(C)=C2C(C)C. The van der Waals surface area contributed by atoms with Crippen LogP contribution in [0.5, 0.6) is 0 Å². The van der Waals surface area contributed by atoms with Gasteiger partial charge >= 0.3 is 0 Å². The van der Waals surface area contributed by atoms with E-state index in [4.69, 9.17) is 0 Å². The molecule has 0 radical (unpaired) electrons. The van der Waals surface area contributed by atoms with Gasteiger partial charge in [-0.1, -0.05) is 73.0 Å². The minimum Gasteiger partial charge on any atom is -0.0680 e. The molecule has 0 amide bonds. The van der Waals surface area contributed by atoms with Gasteiger partial charge in [-0.25, -0.2) is 0 Å². The van der Waals surface area contributed by atoms with Gasteiger partial charge in [0.1, 0.15) is 0 Å². The molecule has 2 aliphatic rings. The highest BCUT2D eigenvalue weighted by molar-refractivity contribution is 7.05. The van der Waals surface area contributed by atoms with Crippen LogP contribution in [0.2, 0.25) is 0 Å². The molecule has 0 fully saturated rings. The van der Waals surface area contributed by atoms with E-state index in [0.29, 0.717) is 5.92 Å². The summed E-state index contributed by atoms with van der Waals surface area (Å²) >= 11 is 0. The molecule has 0 N–H and O–H groups in total. The molecular formula is C22H36Si. The Morgan fingerprint density at radius 3 is 1.78 bits per heavy atom. The summed E-state index contributed by atoms with van der Waals surface area (Å²) in [5.74, 6) is 0.658. The Bertz CT molecular complexity index is 637. The lowest BCUT2D eigenvalue weighted by Crippen LogP contribution is -2.43. The van der Waals surface area contributed by atoms with Crippen LogP contribution in [0.15, 0.2) is 43.1 Å². The minimum atomic E-state index is -1.79. The predicted molar refractivity (Wildman–Crippen MR) is 107 cm³/mol. The fraction of sp³-hybridized carbons (Fsp3) is 0.636. The molecule has 1 spiro atoms. The van der Waals surface area contributed by atoms with Crippen LogP contribution in [-0.2, 0) is 0 Å². The van der Waals surface area contributed by atoms with Gasteiger partial charge in [-0.3, -0.25) is 0 Å². The molecule has 0 saturated heterocycles. The lowest BCUT2D eigenvalue weighted by molar-refractivity contribution is 0.795. The Hall–Kier alpha value is -0.823. The number of hydrogen-bond donors (Lipinski definition) is 0. The van der Waals surface area contributed by atoms with E-state index in [0.717, 1.165) is 0 Å². The monoisotopic (exact) mass is 328 g/mol. The van der Waals surface area contributed by atoms with Gasteiger partial charge in [0.2, 0.25) is 0 Å². The van der Waals surface area contributed by atoms with Crippen molar-refractivity contribution in [3.63, 3.8) is 0 Å². The average molecular weight is 329 g/mol. The van der Waals surface area contributed by atoms with Crippen molar-refractivity contribution >= 4 is 8.07 Å². The Labute approximate surface area is 145 Å². The summed E-state index contributed by atoms with van der Waals surface area (Å²) in [6.07, 6.45) is 4.98. The molecule has 2 heterocycles. The summed E-state index contributed by atoms with van der Waals surface area (Å²) in [5, 5.41) is 7.21. The van der Waals surface area contributed by atoms with Crippen molar-refractivity contribution in [1.29, 1.82) is 0 Å². The van der Waals surface area contributed by atoms with Gasteiger partial charge in [0, 0.05) is 0 Å². The second-order valence-electron chi connectivity index (χ2n) is 7.71. The smallest absolute Gasteiger partial charge is 0.0680 e. The second-order valence-corrected chi connectivity index (χ2v) is 11.9. The zero-order valence-corrected chi connectivity index (χ0v) is 17.9. The van der Waals surface area contributed by atoms with E-state index in [-0.39, 0.29) is 0 Å². The van der Waals surface area contributed by atoms with Crippen LogP contribution in [0.25, 0.3) is 0 Å². The first-order valence-electron chi connectivity index (χ1n) is 9.63. The predicted octanol–water partition coefficient (Wildman–Crippen LogP) is 7.16. The molecule has 0 aromatic carbocycles. The zero-order valence-electron chi connectivity index (χ0n) is 16.9. The van der Waals surface area contributed by atoms with Gasteiger partial charge in [-0.2, -0.15) is 0 Å². The molecule has 0 saturated carbocycles. The van der Waals surface area contributed by atoms with Gasteiger partial charge in [0.25, 0.3) is 0 Å². The maximum Gasteiger partial charge on any atom is 0.164 e. The van der Waals surface area contributed by atoms with Crippen molar-refractivity contribution in [2.75, 3.05) is 0 Å². The molecule has 2 rings (SSSR count). The Morgan fingerprint density at radius 2 is 1.35 bits per heavy atom. The van der Waals surface area contributed by atoms with Crippen LogP contribution in [0.3, 0.4) is 0 Å². The largest absolute Gasteiger partial charge is 0.164 e. The van der Waals surface area contributed by atoms with Gasteiger partial charge < -0.3 is 0 Å². The van der Waals surface area contributed by atoms with E-state index >= 15 is 0 Å². The maximum absolute atomic E-state index is 2.49. The third kappa shape index (κ3) is 2.30. The zero-order chi connectivity index (χ0) is 17.5. The van der Waals surface area contributed by atoms with Gasteiger partial charge in [-0.15, -0.1) is 0 Å². The molecule has 0 nitrogen and oxygen atoms in total. The Morgan fingerprint density at radius 1 is 0.783 bits per heavy atom. The molecule has 0 aliphatic carbocycles. The normalized spacial score (nSPS) is 25.3. The highest BCUT2D eigenvalue weighted by atomic mass is 28.3. The van der Waals surface area contributed by atoms with Crippen molar-refractivity contribution in [3.05, 3.63) is 43.1 Å². The molecule has 0 bridgehead atoms. The van der Waals surface area contributed by atoms with Crippen molar-refractivity contribution < 1.29 is 0 Å². The topological polar surface area (TPSA) is 0 Å². The summed E-state index contributed by atoms with van der Waals surface area (Å²) in [4.78, 5) is 0. The van der Waals surface area contributed by atoms with E-state index in [1.165, 1.54) is 25.7 Å². The van der Waals surface area contributed by atoms with E-state index in [2.05, 4.69) is 62.3 Å². The second kappa shape index (κ2) is 6.59. The lowest BCUT2D eigenvalue weighted by Gasteiger charge is -2.36. The minimum absolute atomic E-state index is 0.658. The van der Waals surface area contributed by atoms with E-state index < -0.39 is 8.07 Å². The maximum atomic E-state index is 2.49. The third-order valence-electron chi connectivity index (χ3n) is 6.48. The highest BCUT2D eigenvalue weighted by Crippen LogP contribution is 2.56. The van der Waals surface area contributed by atoms with Crippen LogP contribution < -0.4 is 0 Å². The summed E-state index contributed by atoms with van der Waals surface area (Å²) in [7, 11) is -1.79. The summed E-state index contributed by atoms with van der Waals surface area (Å²) in [6, 6.07) is 0. The molecule has 2 aliphatic heterocycles. The van der Waals surface area contributed by atoms with Gasteiger partial charge in [0.15, 0.2) is 8.07 Å². The van der Waals surface area contributed by atoms with Crippen molar-refractivity contribution in [2.45, 2.75) is 88.0 Å². The van der Waals surface area contributed by atoms with Crippen LogP contribution in [0, 0.1) is 5.92 Å². The molecule has 1 heteroatoms. The fourth-order valence-electron chi connectivity index (χ4n) is 5.57. The summed E-state index contributed by atoms with van der Waals surface area (Å²) in [6.45, 7) is 21.6.